The van der Waals surface area contributed by atoms with Gasteiger partial charge >= 0.3 is 0 Å². The third-order valence-corrected chi connectivity index (χ3v) is 5.99. The molecule has 0 radical (unpaired) electrons. The molecule has 1 N–H and O–H groups in total. The van der Waals surface area contributed by atoms with E-state index < -0.39 is 0 Å². The maximum atomic E-state index is 4.92. The lowest BCUT2D eigenvalue weighted by Crippen LogP contribution is -2.16. The second-order valence-corrected chi connectivity index (χ2v) is 8.10. The normalized spacial score (nSPS) is 11.6. The largest absolute Gasteiger partial charge is 0.369 e. The quantitative estimate of drug-likeness (QED) is 0.471. The van der Waals surface area contributed by atoms with Gasteiger partial charge in [0.15, 0.2) is 5.82 Å². The fourth-order valence-corrected chi connectivity index (χ4v) is 4.45. The number of rotatable bonds is 6. The van der Waals surface area contributed by atoms with Gasteiger partial charge in [-0.25, -0.2) is 9.97 Å². The molecule has 0 saturated carbocycles. The van der Waals surface area contributed by atoms with E-state index in [2.05, 4.69) is 67.6 Å². The van der Waals surface area contributed by atoms with E-state index in [9.17, 15) is 0 Å². The van der Waals surface area contributed by atoms with Gasteiger partial charge in [-0.2, -0.15) is 0 Å². The Morgan fingerprint density at radius 1 is 0.963 bits per heavy atom. The monoisotopic (exact) mass is 376 g/mol. The Morgan fingerprint density at radius 3 is 2.48 bits per heavy atom. The molecule has 4 nitrogen and oxygen atoms in total. The van der Waals surface area contributed by atoms with Gasteiger partial charge in [-0.3, -0.25) is 0 Å². The Labute approximate surface area is 163 Å². The van der Waals surface area contributed by atoms with Crippen molar-refractivity contribution in [2.24, 2.45) is 0 Å². The van der Waals surface area contributed by atoms with Crippen LogP contribution in [0.25, 0.3) is 31.7 Å². The summed E-state index contributed by atoms with van der Waals surface area (Å²) in [4.78, 5) is 13.1. The van der Waals surface area contributed by atoms with Crippen LogP contribution in [0, 0.1) is 6.92 Å². The molecule has 138 valence electrons. The molecule has 2 aromatic carbocycles. The lowest BCUT2D eigenvalue weighted by Gasteiger charge is -2.12. The lowest BCUT2D eigenvalue weighted by molar-refractivity contribution is 0.405. The number of hydrogen-bond acceptors (Lipinski definition) is 5. The SMILES string of the molecule is Cc1c(-c2nc(NCCCN(C)C)c3ccccc3n2)sc2ccccc12. The van der Waals surface area contributed by atoms with E-state index in [1.807, 2.05) is 12.1 Å². The zero-order chi connectivity index (χ0) is 18.8. The van der Waals surface area contributed by atoms with Crippen LogP contribution in [0.15, 0.2) is 48.5 Å². The van der Waals surface area contributed by atoms with Crippen LogP contribution in [0.4, 0.5) is 5.82 Å². The van der Waals surface area contributed by atoms with Gasteiger partial charge in [0, 0.05) is 16.6 Å². The fourth-order valence-electron chi connectivity index (χ4n) is 3.30. The van der Waals surface area contributed by atoms with Crippen LogP contribution in [0.2, 0.25) is 0 Å². The number of fused-ring (bicyclic) bond motifs is 2. The maximum absolute atomic E-state index is 4.92. The molecular weight excluding hydrogens is 352 g/mol. The molecule has 0 aliphatic heterocycles. The minimum atomic E-state index is 0.808. The van der Waals surface area contributed by atoms with Crippen LogP contribution >= 0.6 is 11.3 Å². The zero-order valence-corrected chi connectivity index (χ0v) is 16.8. The van der Waals surface area contributed by atoms with Crippen molar-refractivity contribution in [2.75, 3.05) is 32.5 Å². The summed E-state index contributed by atoms with van der Waals surface area (Å²) in [5.41, 5.74) is 2.24. The molecule has 0 amide bonds. The molecule has 0 aliphatic carbocycles. The van der Waals surface area contributed by atoms with Gasteiger partial charge in [0.2, 0.25) is 0 Å². The lowest BCUT2D eigenvalue weighted by atomic mass is 10.1. The molecule has 27 heavy (non-hydrogen) atoms. The maximum Gasteiger partial charge on any atom is 0.172 e. The van der Waals surface area contributed by atoms with Crippen LogP contribution in [0.1, 0.15) is 12.0 Å². The average molecular weight is 377 g/mol. The van der Waals surface area contributed by atoms with E-state index >= 15 is 0 Å². The fraction of sp³-hybridized carbons (Fsp3) is 0.273. The third-order valence-electron chi connectivity index (χ3n) is 4.72. The molecule has 0 fully saturated rings. The van der Waals surface area contributed by atoms with Crippen molar-refractivity contribution < 1.29 is 0 Å². The molecule has 2 heterocycles. The molecule has 0 bridgehead atoms. The van der Waals surface area contributed by atoms with Crippen molar-refractivity contribution in [2.45, 2.75) is 13.3 Å². The Morgan fingerprint density at radius 2 is 1.70 bits per heavy atom. The highest BCUT2D eigenvalue weighted by Crippen LogP contribution is 2.37. The molecule has 0 atom stereocenters. The molecule has 0 aliphatic rings. The van der Waals surface area contributed by atoms with Crippen LogP contribution in [0.5, 0.6) is 0 Å². The number of thiophene rings is 1. The van der Waals surface area contributed by atoms with Crippen LogP contribution in [-0.4, -0.2) is 42.1 Å². The van der Waals surface area contributed by atoms with Crippen LogP contribution in [-0.2, 0) is 0 Å². The van der Waals surface area contributed by atoms with Gasteiger partial charge in [-0.15, -0.1) is 11.3 Å². The zero-order valence-electron chi connectivity index (χ0n) is 16.0. The Hall–Kier alpha value is -2.50. The van der Waals surface area contributed by atoms with Crippen molar-refractivity contribution in [1.29, 1.82) is 0 Å². The van der Waals surface area contributed by atoms with Gasteiger partial charge in [0.1, 0.15) is 5.82 Å². The molecule has 0 saturated heterocycles. The predicted molar refractivity (Wildman–Crippen MR) is 117 cm³/mol. The van der Waals surface area contributed by atoms with Gasteiger partial charge in [-0.1, -0.05) is 30.3 Å². The van der Waals surface area contributed by atoms with E-state index in [1.165, 1.54) is 15.6 Å². The van der Waals surface area contributed by atoms with Crippen molar-refractivity contribution in [3.8, 4) is 10.7 Å². The Bertz CT molecular complexity index is 1080. The summed E-state index contributed by atoms with van der Waals surface area (Å²) >= 11 is 1.77. The number of nitrogens with one attached hydrogen (secondary N) is 1. The van der Waals surface area contributed by atoms with Gasteiger partial charge < -0.3 is 10.2 Å². The number of nitrogens with zero attached hydrogens (tertiary/aromatic N) is 3. The molecule has 4 rings (SSSR count). The van der Waals surface area contributed by atoms with E-state index in [0.717, 1.165) is 46.9 Å². The highest BCUT2D eigenvalue weighted by Gasteiger charge is 2.15. The standard InChI is InChI=1S/C22H24N4S/c1-15-16-9-5-7-12-19(16)27-20(15)22-24-18-11-6-4-10-17(18)21(25-22)23-13-8-14-26(2)3/h4-7,9-12H,8,13-14H2,1-3H3,(H,23,24,25). The first-order valence-electron chi connectivity index (χ1n) is 9.27. The van der Waals surface area contributed by atoms with Crippen molar-refractivity contribution in [3.05, 3.63) is 54.1 Å². The van der Waals surface area contributed by atoms with E-state index in [0.29, 0.717) is 0 Å². The van der Waals surface area contributed by atoms with E-state index in [1.54, 1.807) is 11.3 Å². The average Bonchev–Trinajstić information content (AvgIpc) is 3.02. The van der Waals surface area contributed by atoms with Crippen molar-refractivity contribution in [3.63, 3.8) is 0 Å². The van der Waals surface area contributed by atoms with Gasteiger partial charge in [-0.05, 0) is 63.1 Å². The number of hydrogen-bond donors (Lipinski definition) is 1. The van der Waals surface area contributed by atoms with E-state index in [-0.39, 0.29) is 0 Å². The van der Waals surface area contributed by atoms with Crippen molar-refractivity contribution >= 4 is 38.1 Å². The highest BCUT2D eigenvalue weighted by molar-refractivity contribution is 7.22. The molecule has 0 unspecified atom stereocenters. The Balaban J connectivity index is 1.75. The minimum Gasteiger partial charge on any atom is -0.369 e. The first kappa shape index (κ1) is 17.9. The summed E-state index contributed by atoms with van der Waals surface area (Å²) in [7, 11) is 4.20. The summed E-state index contributed by atoms with van der Waals surface area (Å²) in [5, 5.41) is 5.89. The highest BCUT2D eigenvalue weighted by atomic mass is 32.1. The topological polar surface area (TPSA) is 41.1 Å². The number of aryl methyl sites for hydroxylation is 1. The van der Waals surface area contributed by atoms with Crippen LogP contribution < -0.4 is 5.32 Å². The second-order valence-electron chi connectivity index (χ2n) is 7.05. The molecule has 5 heteroatoms. The summed E-state index contributed by atoms with van der Waals surface area (Å²) in [6.07, 6.45) is 1.07. The summed E-state index contributed by atoms with van der Waals surface area (Å²) in [5.74, 6) is 1.73. The molecule has 2 aromatic heterocycles. The smallest absolute Gasteiger partial charge is 0.172 e. The second kappa shape index (κ2) is 7.62. The molecular formula is C22H24N4S. The first-order chi connectivity index (χ1) is 13.1. The number of aromatic nitrogens is 2. The third kappa shape index (κ3) is 3.66. The number of anilines is 1. The minimum absolute atomic E-state index is 0.808. The van der Waals surface area contributed by atoms with E-state index in [4.69, 9.17) is 9.97 Å². The predicted octanol–water partition coefficient (Wildman–Crippen LogP) is 5.18. The molecule has 0 spiro atoms. The van der Waals surface area contributed by atoms with Gasteiger partial charge in [0.05, 0.1) is 10.4 Å². The Kier molecular flexibility index (Phi) is 5.05. The van der Waals surface area contributed by atoms with Gasteiger partial charge in [0.25, 0.3) is 0 Å². The summed E-state index contributed by atoms with van der Waals surface area (Å²) in [6, 6.07) is 16.7. The van der Waals surface area contributed by atoms with Crippen molar-refractivity contribution in [1.82, 2.24) is 14.9 Å². The number of para-hydroxylation sites is 1. The molecule has 4 aromatic rings. The summed E-state index contributed by atoms with van der Waals surface area (Å²) in [6.45, 7) is 4.11. The first-order valence-corrected chi connectivity index (χ1v) is 10.1. The summed E-state index contributed by atoms with van der Waals surface area (Å²) < 4.78 is 1.28. The van der Waals surface area contributed by atoms with Crippen LogP contribution in [0.3, 0.4) is 0 Å². The number of benzene rings is 2.